The zero-order valence-corrected chi connectivity index (χ0v) is 72.0. The smallest absolute Gasteiger partial charge is 0.337 e. The van der Waals surface area contributed by atoms with E-state index in [1.54, 1.807) is 14.1 Å². The molecule has 7 aromatic carbocycles. The molecule has 38 nitrogen and oxygen atoms in total. The van der Waals surface area contributed by atoms with Crippen LogP contribution in [0.2, 0.25) is 10.0 Å². The lowest BCUT2D eigenvalue weighted by Gasteiger charge is -2.41. The van der Waals surface area contributed by atoms with E-state index in [0.717, 1.165) is 119 Å². The van der Waals surface area contributed by atoms with Crippen LogP contribution in [0.5, 0.6) is 69.0 Å². The molecule has 0 aromatic heterocycles. The lowest BCUT2D eigenvalue weighted by Crippen LogP contribution is -2.66. The number of aliphatic hydroxyl groups is 7. The van der Waals surface area contributed by atoms with Crippen LogP contribution in [0.4, 0.5) is 0 Å². The number of rotatable bonds is 23. The molecular weight excluding hydrogens is 1730 g/mol. The predicted octanol–water partition coefficient (Wildman–Crippen LogP) is 4.40. The normalized spacial score (nSPS) is 25.7. The van der Waals surface area contributed by atoms with Crippen LogP contribution in [0, 0.1) is 0 Å². The molecule has 40 heteroatoms. The summed E-state index contributed by atoms with van der Waals surface area (Å²) < 4.78 is 50.0. The average Bonchev–Trinajstić information content (AvgIpc) is 0.748. The number of amides is 8. The molecule has 17 bridgehead atoms. The van der Waals surface area contributed by atoms with Gasteiger partial charge in [0, 0.05) is 48.2 Å². The Morgan fingerprint density at radius 3 is 1.88 bits per heavy atom. The fraction of sp³-hybridized carbons (Fsp3) is 0.427. The Hall–Kier alpha value is -11.9. The minimum atomic E-state index is -2.44. The summed E-state index contributed by atoms with van der Waals surface area (Å²) in [6, 6.07) is 6.09. The summed E-state index contributed by atoms with van der Waals surface area (Å²) in [5.41, 5.74) is -2.58. The molecule has 2 fully saturated rings. The van der Waals surface area contributed by atoms with Crippen molar-refractivity contribution in [3.8, 4) is 80.1 Å². The number of aliphatic hydroxyl groups excluding tert-OH is 7. The lowest BCUT2D eigenvalue weighted by atomic mass is 9.89. The molecule has 20 N–H and O–H groups in total. The summed E-state index contributed by atoms with van der Waals surface area (Å²) in [5, 5.41) is 151. The summed E-state index contributed by atoms with van der Waals surface area (Å²) in [5.74, 6) is -17.1. The van der Waals surface area contributed by atoms with Gasteiger partial charge in [0.05, 0.1) is 23.8 Å². The average molecular weight is 1830 g/mol. The number of aromatic hydroxyl groups is 4. The number of hydrogen-bond acceptors (Lipinski definition) is 30. The Morgan fingerprint density at radius 2 is 1.19 bits per heavy atom. The maximum absolute atomic E-state index is 16.9. The molecule has 0 unspecified atom stereocenters. The van der Waals surface area contributed by atoms with Gasteiger partial charge in [-0.15, -0.1) is 0 Å². The van der Waals surface area contributed by atoms with Gasteiger partial charge in [-0.3, -0.25) is 38.4 Å². The minimum Gasteiger partial charge on any atom is -0.508 e. The van der Waals surface area contributed by atoms with Crippen molar-refractivity contribution >= 4 is 76.4 Å². The van der Waals surface area contributed by atoms with Gasteiger partial charge in [0.2, 0.25) is 65.6 Å². The van der Waals surface area contributed by atoms with Crippen LogP contribution in [-0.2, 0) is 63.8 Å². The third-order valence-corrected chi connectivity index (χ3v) is 23.7. The van der Waals surface area contributed by atoms with Gasteiger partial charge in [0.15, 0.2) is 29.1 Å². The van der Waals surface area contributed by atoms with Crippen LogP contribution in [0.25, 0.3) is 11.1 Å². The number of nitrogens with one attached hydrogen (secondary N) is 9. The highest BCUT2D eigenvalue weighted by Crippen LogP contribution is 2.51. The molecule has 18 atom stereocenters. The minimum absolute atomic E-state index is 0.0893. The molecule has 690 valence electrons. The number of halogens is 2. The van der Waals surface area contributed by atoms with Crippen LogP contribution in [0.3, 0.4) is 0 Å². The van der Waals surface area contributed by atoms with Gasteiger partial charge in [-0.2, -0.15) is 0 Å². The topological polar surface area (TPSA) is 562 Å². The number of phenols is 4. The number of nitrogens with zero attached hydrogens (tertiary/aromatic N) is 1. The number of methoxy groups -OCH3 is 1. The van der Waals surface area contributed by atoms with E-state index in [4.69, 9.17) is 61.1 Å². The molecule has 0 aliphatic carbocycles. The first-order valence-electron chi connectivity index (χ1n) is 42.0. The van der Waals surface area contributed by atoms with Crippen molar-refractivity contribution in [2.45, 2.75) is 194 Å². The van der Waals surface area contributed by atoms with E-state index in [9.17, 15) is 70.6 Å². The van der Waals surface area contributed by atoms with Gasteiger partial charge in [0.25, 0.3) is 0 Å². The second kappa shape index (κ2) is 41.7. The zero-order valence-electron chi connectivity index (χ0n) is 70.5. The number of likely N-dealkylation sites (N-methyl/N-ethyl adjacent to an activating group) is 1. The predicted molar refractivity (Wildman–Crippen MR) is 457 cm³/mol. The molecular formula is C89H102Cl2N10O28. The van der Waals surface area contributed by atoms with Crippen LogP contribution in [0.15, 0.2) is 115 Å². The Morgan fingerprint density at radius 1 is 0.550 bits per heavy atom. The monoisotopic (exact) mass is 1830 g/mol. The number of esters is 1. The van der Waals surface area contributed by atoms with Gasteiger partial charge >= 0.3 is 5.97 Å². The number of carbonyl (C=O) groups excluding carboxylic acids is 9. The van der Waals surface area contributed by atoms with E-state index < -0.39 is 271 Å². The van der Waals surface area contributed by atoms with Gasteiger partial charge < -0.3 is 147 Å². The molecule has 15 rings (SSSR count). The van der Waals surface area contributed by atoms with E-state index >= 15 is 28.8 Å². The van der Waals surface area contributed by atoms with Gasteiger partial charge in [-0.05, 0) is 147 Å². The maximum atomic E-state index is 16.9. The number of ether oxygens (including phenoxy) is 8. The molecule has 0 spiro atoms. The van der Waals surface area contributed by atoms with Gasteiger partial charge in [0.1, 0.15) is 131 Å². The van der Waals surface area contributed by atoms with E-state index in [1.165, 1.54) is 55.6 Å². The molecule has 2 saturated heterocycles. The number of fused-ring (bicyclic) bond motifs is 14. The third kappa shape index (κ3) is 21.5. The number of benzene rings is 7. The number of carbonyl (C=O) groups is 9. The molecule has 8 amide bonds. The molecule has 0 saturated carbocycles. The van der Waals surface area contributed by atoms with Crippen LogP contribution in [0.1, 0.15) is 153 Å². The number of unbranched alkanes of at least 4 members (excludes halogenated alkanes) is 8. The molecule has 8 heterocycles. The first kappa shape index (κ1) is 94.7. The first-order chi connectivity index (χ1) is 61.7. The largest absolute Gasteiger partial charge is 0.508 e. The lowest BCUT2D eigenvalue weighted by molar-refractivity contribution is -0.277. The Labute approximate surface area is 748 Å². The summed E-state index contributed by atoms with van der Waals surface area (Å²) >= 11 is 14.4. The highest BCUT2D eigenvalue weighted by molar-refractivity contribution is 6.33. The quantitative estimate of drug-likeness (QED) is 0.0312. The van der Waals surface area contributed by atoms with Crippen molar-refractivity contribution in [3.63, 3.8) is 0 Å². The first-order valence-corrected chi connectivity index (χ1v) is 42.8. The highest BCUT2D eigenvalue weighted by Gasteiger charge is 2.52. The van der Waals surface area contributed by atoms with E-state index in [0.29, 0.717) is 31.4 Å². The molecule has 7 aromatic rings. The second-order valence-corrected chi connectivity index (χ2v) is 33.2. The summed E-state index contributed by atoms with van der Waals surface area (Å²) in [4.78, 5) is 141. The van der Waals surface area contributed by atoms with Crippen molar-refractivity contribution in [1.29, 1.82) is 0 Å². The fourth-order valence-electron chi connectivity index (χ4n) is 16.1. The molecule has 129 heavy (non-hydrogen) atoms. The van der Waals surface area contributed by atoms with E-state index in [1.807, 2.05) is 4.90 Å². The molecule has 0 radical (unpaired) electrons. The number of hydrogen-bond donors (Lipinski definition) is 20. The van der Waals surface area contributed by atoms with Crippen molar-refractivity contribution in [1.82, 2.24) is 52.8 Å². The summed E-state index contributed by atoms with van der Waals surface area (Å²) in [7, 11) is 5.94. The molecule has 8 aliphatic heterocycles. The highest BCUT2D eigenvalue weighted by atomic mass is 35.5. The summed E-state index contributed by atoms with van der Waals surface area (Å²) in [6.07, 6.45) is -12.8. The molecule has 8 aliphatic rings. The second-order valence-electron chi connectivity index (χ2n) is 32.4. The third-order valence-electron chi connectivity index (χ3n) is 23.0. The number of phenolic OH excluding ortho intramolecular Hbond substituents is 4. The fourth-order valence-corrected chi connectivity index (χ4v) is 16.5. The van der Waals surface area contributed by atoms with Gasteiger partial charge in [-0.25, -0.2) is 4.79 Å². The van der Waals surface area contributed by atoms with Crippen LogP contribution < -0.4 is 71.5 Å². The van der Waals surface area contributed by atoms with Crippen molar-refractivity contribution in [2.75, 3.05) is 47.9 Å². The Balaban J connectivity index is 1.04. The van der Waals surface area contributed by atoms with Gasteiger partial charge in [-0.1, -0.05) is 112 Å². The van der Waals surface area contributed by atoms with Crippen molar-refractivity contribution in [3.05, 3.63) is 164 Å². The van der Waals surface area contributed by atoms with Crippen LogP contribution >= 0.6 is 23.2 Å². The Kier molecular flexibility index (Phi) is 30.6. The van der Waals surface area contributed by atoms with Crippen LogP contribution in [-0.4, -0.2) is 236 Å². The standard InChI is InChI=1S/C89H102Cl2N10O28/c1-6-7-8-9-10-11-12-13-14-16-62(107)95-71-74(110)76(112)79(87(121)122-5)129-88(71)128-78-59-33-44-34-60(78)125-56-26-21-43(31-51(56)90)72(108)70-86(120)99-68(81(115)93-27-15-28-101(3)4)49-35-45(103)36-58(126-89-77(113)75(111)73(109)61(39-102)127-89)63(49)48-30-41(19-24-53(48)104)66(83(117)100-70)96-84(118)67(44)97-85(119)69-50-37-47(38-55(106)64(50)91)124-57-32-42(20-25-54(57)105)65(92-2)82(116)94-52(80(114)98-69)29-40-17-22-46(123-59)23-18-40/h17-26,30-38,52,61,65-77,79,88-89,92,102-106,108-113H,6-16,27-29,39H2,1-5H3,(H,93,115)(H,94,116)(H,95,107)(H,96,118)(H,97,119)(H,98,114)(H,99,120)(H,100,117)/t52-,61-,65+,66-,67-,68+,69+,70+,71-,72-,73-,74-,75+,76+,77+,79+,88-,89+/m1/s1. The Bertz CT molecular complexity index is 5340. The zero-order chi connectivity index (χ0) is 92.5. The van der Waals surface area contributed by atoms with Crippen molar-refractivity contribution < 1.29 is 137 Å². The van der Waals surface area contributed by atoms with E-state index in [-0.39, 0.29) is 41.3 Å². The van der Waals surface area contributed by atoms with Crippen molar-refractivity contribution in [2.24, 2.45) is 0 Å². The summed E-state index contributed by atoms with van der Waals surface area (Å²) in [6.45, 7) is 1.48. The SMILES string of the molecule is CCCCCCCCCCCC(=O)N[C@H]1[C@H](Oc2c3cc4cc2Oc2ccc(cc2Cl)[C@@H](O)[C@@H]2NC(=O)[C@H](NC(=O)[C@@H]4NC(=O)[C@H]4NC(=O)[C@@H](Cc5ccc(cc5)O3)NC(=O)[C@@H](NC)c3ccc(O)c(c3)Oc3cc(O)c(Cl)c4c3)c3ccc(O)c(c3)-c3c(O[C@H]4O[C@H](CO)[C@@H](O)[C@H](O)[C@@H]4O)cc(O)cc3[C@@H](C(=O)NCCCN(C)C)NC2=O)O[C@H](C(=O)OC)[C@@H](O)[C@@H]1O. The maximum Gasteiger partial charge on any atom is 0.337 e. The van der Waals surface area contributed by atoms with E-state index in [2.05, 4.69) is 54.8 Å².